The predicted octanol–water partition coefficient (Wildman–Crippen LogP) is 9.56. The van der Waals surface area contributed by atoms with Crippen LogP contribution in [0.15, 0.2) is 66.6 Å². The van der Waals surface area contributed by atoms with Crippen molar-refractivity contribution in [3.8, 4) is 11.3 Å². The van der Waals surface area contributed by atoms with Crippen LogP contribution in [0.2, 0.25) is 0 Å². The first kappa shape index (κ1) is 34.6. The first-order valence-electron chi connectivity index (χ1n) is 15.5. The van der Waals surface area contributed by atoms with Crippen LogP contribution in [0, 0.1) is 17.9 Å². The van der Waals surface area contributed by atoms with E-state index in [0.29, 0.717) is 0 Å². The van der Waals surface area contributed by atoms with Crippen LogP contribution in [-0.4, -0.2) is 37.0 Å². The van der Waals surface area contributed by atoms with Gasteiger partial charge in [0.05, 0.1) is 26.9 Å². The van der Waals surface area contributed by atoms with Crippen molar-refractivity contribution in [3.63, 3.8) is 0 Å². The van der Waals surface area contributed by atoms with E-state index in [1.807, 2.05) is 33.9 Å². The molecule has 4 aromatic rings. The normalized spacial score (nSPS) is 13.9. The summed E-state index contributed by atoms with van der Waals surface area (Å²) in [5.74, 6) is 0.547. The Morgan fingerprint density at radius 2 is 1.53 bits per heavy atom. The number of fused-ring (bicyclic) bond motifs is 3. The number of aromatic nitrogens is 1. The van der Waals surface area contributed by atoms with Crippen LogP contribution in [0.5, 0.6) is 0 Å². The molecule has 231 valence electrons. The van der Waals surface area contributed by atoms with Crippen molar-refractivity contribution >= 4 is 33.0 Å². The number of carbonyl (C=O) groups excluding carboxylic acids is 1. The van der Waals surface area contributed by atoms with Gasteiger partial charge >= 0.3 is 0 Å². The van der Waals surface area contributed by atoms with Gasteiger partial charge in [0.2, 0.25) is 0 Å². The Balaban J connectivity index is 0.000000274. The zero-order valence-electron chi connectivity index (χ0n) is 27.3. The average molecular weight is 757 g/mol. The maximum Gasteiger partial charge on any atom is 0.162 e. The molecular formula is C38H48IrN2O2. The van der Waals surface area contributed by atoms with Crippen molar-refractivity contribution in [2.24, 2.45) is 11.8 Å². The zero-order valence-corrected chi connectivity index (χ0v) is 29.7. The SMILES string of the molecule is CC1(C)c2cc3ccccc3[c-]c2-c2nccc3cc([N+](C)(C)C)cc1c23.CCC(CC)C(=O)/C=C(\O)C(CC)CC.[Ir]. The molecule has 5 rings (SSSR count). The molecule has 5 heteroatoms. The number of hydrogen-bond donors (Lipinski definition) is 1. The van der Waals surface area contributed by atoms with Gasteiger partial charge in [-0.2, -0.15) is 0 Å². The topological polar surface area (TPSA) is 50.2 Å². The number of aliphatic hydroxyl groups excluding tert-OH is 1. The van der Waals surface area contributed by atoms with Crippen LogP contribution >= 0.6 is 0 Å². The first-order chi connectivity index (χ1) is 19.9. The van der Waals surface area contributed by atoms with Crippen LogP contribution in [0.4, 0.5) is 5.69 Å². The van der Waals surface area contributed by atoms with E-state index in [4.69, 9.17) is 4.98 Å². The van der Waals surface area contributed by atoms with E-state index in [9.17, 15) is 9.90 Å². The molecular weight excluding hydrogens is 709 g/mol. The van der Waals surface area contributed by atoms with E-state index in [-0.39, 0.29) is 48.9 Å². The maximum atomic E-state index is 11.7. The van der Waals surface area contributed by atoms with E-state index in [0.717, 1.165) is 46.8 Å². The predicted molar refractivity (Wildman–Crippen MR) is 179 cm³/mol. The Hall–Kier alpha value is -2.85. The fourth-order valence-electron chi connectivity index (χ4n) is 6.14. The third-order valence-corrected chi connectivity index (χ3v) is 9.08. The molecule has 1 N–H and O–H groups in total. The minimum Gasteiger partial charge on any atom is -0.512 e. The van der Waals surface area contributed by atoms with Gasteiger partial charge in [-0.3, -0.25) is 14.3 Å². The third-order valence-electron chi connectivity index (χ3n) is 9.08. The first-order valence-corrected chi connectivity index (χ1v) is 15.5. The summed E-state index contributed by atoms with van der Waals surface area (Å²) in [5.41, 5.74) is 6.10. The van der Waals surface area contributed by atoms with Gasteiger partial charge in [-0.25, -0.2) is 0 Å². The van der Waals surface area contributed by atoms with Gasteiger partial charge in [-0.1, -0.05) is 76.3 Å². The maximum absolute atomic E-state index is 11.7. The van der Waals surface area contributed by atoms with E-state index in [2.05, 4.69) is 89.6 Å². The van der Waals surface area contributed by atoms with Crippen molar-refractivity contribution < 1.29 is 30.0 Å². The fourth-order valence-corrected chi connectivity index (χ4v) is 6.14. The Morgan fingerprint density at radius 1 is 0.907 bits per heavy atom. The van der Waals surface area contributed by atoms with Gasteiger partial charge in [-0.15, -0.1) is 23.6 Å². The summed E-state index contributed by atoms with van der Waals surface area (Å²) in [4.78, 5) is 16.5. The fraction of sp³-hybridized carbons (Fsp3) is 0.421. The molecule has 43 heavy (non-hydrogen) atoms. The second-order valence-corrected chi connectivity index (χ2v) is 13.0. The van der Waals surface area contributed by atoms with Crippen molar-refractivity contribution in [1.82, 2.24) is 9.47 Å². The molecule has 1 heterocycles. The number of quaternary nitrogens is 1. The molecule has 0 spiro atoms. The van der Waals surface area contributed by atoms with E-state index < -0.39 is 0 Å². The van der Waals surface area contributed by atoms with Crippen LogP contribution in [0.3, 0.4) is 0 Å². The standard InChI is InChI=1S/C25H24N2.C13H24O2.Ir/c1-25(2)21-14-17-9-7-6-8-16(17)13-20(21)24-23-18(10-11-26-24)12-19(15-22(23)25)27(3,4)5;1-5-10(6-2)12(14)9-13(15)11(7-3)8-4;/h6-12,14-15H,1-5H3;9-11,14H,5-8H2,1-4H3;/b;12-9-;. The summed E-state index contributed by atoms with van der Waals surface area (Å²) in [6, 6.07) is 21.3. The minimum absolute atomic E-state index is 0. The molecule has 0 unspecified atom stereocenters. The number of benzene rings is 3. The van der Waals surface area contributed by atoms with Crippen molar-refractivity contribution in [2.75, 3.05) is 21.1 Å². The summed E-state index contributed by atoms with van der Waals surface area (Å²) in [5, 5.41) is 14.7. The Bertz CT molecular complexity index is 1620. The largest absolute Gasteiger partial charge is 0.512 e. The number of carbonyl (C=O) groups is 1. The summed E-state index contributed by atoms with van der Waals surface area (Å²) in [6.07, 6.45) is 6.84. The summed E-state index contributed by atoms with van der Waals surface area (Å²) in [7, 11) is 6.67. The number of rotatable bonds is 8. The van der Waals surface area contributed by atoms with Gasteiger partial charge in [0, 0.05) is 62.0 Å². The van der Waals surface area contributed by atoms with E-state index in [1.165, 1.54) is 39.0 Å². The Labute approximate surface area is 272 Å². The molecule has 0 fully saturated rings. The second kappa shape index (κ2) is 13.8. The number of allylic oxidation sites excluding steroid dienone is 2. The van der Waals surface area contributed by atoms with Crippen LogP contribution in [-0.2, 0) is 30.3 Å². The van der Waals surface area contributed by atoms with Gasteiger partial charge in [0.15, 0.2) is 5.78 Å². The molecule has 1 radical (unpaired) electrons. The summed E-state index contributed by atoms with van der Waals surface area (Å²) >= 11 is 0. The second-order valence-electron chi connectivity index (χ2n) is 13.0. The van der Waals surface area contributed by atoms with E-state index in [1.54, 1.807) is 0 Å². The average Bonchev–Trinajstić information content (AvgIpc) is 2.96. The number of hydrogen-bond acceptors (Lipinski definition) is 3. The van der Waals surface area contributed by atoms with Crippen molar-refractivity contribution in [2.45, 2.75) is 72.6 Å². The molecule has 1 aliphatic rings. The molecule has 0 saturated carbocycles. The molecule has 1 aromatic heterocycles. The van der Waals surface area contributed by atoms with Crippen LogP contribution in [0.1, 0.15) is 78.4 Å². The van der Waals surface area contributed by atoms with Crippen LogP contribution in [0.25, 0.3) is 32.8 Å². The number of pyridine rings is 1. The molecule has 0 amide bonds. The number of aliphatic hydroxyl groups is 1. The van der Waals surface area contributed by atoms with Crippen LogP contribution < -0.4 is 4.48 Å². The van der Waals surface area contributed by atoms with E-state index >= 15 is 0 Å². The molecule has 4 nitrogen and oxygen atoms in total. The quantitative estimate of drug-likeness (QED) is 0.0844. The summed E-state index contributed by atoms with van der Waals surface area (Å²) < 4.78 is 0.799. The Morgan fingerprint density at radius 3 is 2.14 bits per heavy atom. The Kier molecular flexibility index (Phi) is 11.2. The molecule has 0 saturated heterocycles. The molecule has 3 aromatic carbocycles. The summed E-state index contributed by atoms with van der Waals surface area (Å²) in [6.45, 7) is 12.7. The molecule has 0 atom stereocenters. The zero-order chi connectivity index (χ0) is 30.8. The minimum atomic E-state index is -0.102. The van der Waals surface area contributed by atoms with Gasteiger partial charge in [0.1, 0.15) is 5.69 Å². The molecule has 1 aliphatic carbocycles. The van der Waals surface area contributed by atoms with Crippen molar-refractivity contribution in [1.29, 1.82) is 0 Å². The van der Waals surface area contributed by atoms with Gasteiger partial charge < -0.3 is 5.11 Å². The van der Waals surface area contributed by atoms with Gasteiger partial charge in [0.25, 0.3) is 0 Å². The number of ketones is 1. The van der Waals surface area contributed by atoms with Crippen molar-refractivity contribution in [3.05, 3.63) is 83.8 Å². The monoisotopic (exact) mass is 757 g/mol. The molecule has 0 aliphatic heterocycles. The number of nitrogens with zero attached hydrogens (tertiary/aromatic N) is 2. The smallest absolute Gasteiger partial charge is 0.162 e. The van der Waals surface area contributed by atoms with Gasteiger partial charge in [-0.05, 0) is 53.5 Å². The molecule has 0 bridgehead atoms. The third kappa shape index (κ3) is 6.95.